The van der Waals surface area contributed by atoms with Crippen LogP contribution in [0.25, 0.3) is 0 Å². The first kappa shape index (κ1) is 34.2. The number of halogens is 17. The van der Waals surface area contributed by atoms with Gasteiger partial charge >= 0.3 is 30.9 Å². The summed E-state index contributed by atoms with van der Waals surface area (Å²) in [5, 5.41) is 0. The van der Waals surface area contributed by atoms with E-state index in [-0.39, 0.29) is 19.1 Å². The lowest BCUT2D eigenvalue weighted by Crippen LogP contribution is -2.26. The van der Waals surface area contributed by atoms with E-state index in [9.17, 15) is 74.6 Å². The van der Waals surface area contributed by atoms with Crippen LogP contribution in [0.1, 0.15) is 51.4 Å². The van der Waals surface area contributed by atoms with Crippen LogP contribution >= 0.6 is 0 Å². The lowest BCUT2D eigenvalue weighted by molar-refractivity contribution is -0.174. The molecule has 2 aromatic carbocycles. The average molecular weight is 636 g/mol. The van der Waals surface area contributed by atoms with Gasteiger partial charge in [-0.25, -0.2) is 8.78 Å². The third kappa shape index (κ3) is 7.05. The van der Waals surface area contributed by atoms with Gasteiger partial charge in [-0.2, -0.15) is 65.9 Å². The van der Waals surface area contributed by atoms with Gasteiger partial charge in [-0.3, -0.25) is 0 Å². The molecular formula is C23H9F17N2. The largest absolute Gasteiger partial charge is 0.418 e. The van der Waals surface area contributed by atoms with Crippen LogP contribution in [0.5, 0.6) is 0 Å². The van der Waals surface area contributed by atoms with Crippen LogP contribution in [-0.4, -0.2) is 0 Å². The third-order valence-electron chi connectivity index (χ3n) is 5.03. The number of rotatable bonds is 1. The molecule has 0 aliphatic rings. The first-order valence-corrected chi connectivity index (χ1v) is 10.2. The third-order valence-corrected chi connectivity index (χ3v) is 5.03. The zero-order valence-corrected chi connectivity index (χ0v) is 19.7. The van der Waals surface area contributed by atoms with Crippen LogP contribution in [0.3, 0.4) is 0 Å². The van der Waals surface area contributed by atoms with Gasteiger partial charge in [-0.15, -0.1) is 0 Å². The summed E-state index contributed by atoms with van der Waals surface area (Å²) < 4.78 is 229. The topological polar surface area (TPSA) is 52.0 Å². The Morgan fingerprint density at radius 3 is 0.952 bits per heavy atom. The van der Waals surface area contributed by atoms with Crippen molar-refractivity contribution < 1.29 is 74.6 Å². The molecule has 0 unspecified atom stereocenters. The number of hydrogen-bond donors (Lipinski definition) is 2. The Hall–Kier alpha value is -4.03. The fourth-order valence-electron chi connectivity index (χ4n) is 3.73. The van der Waals surface area contributed by atoms with Gasteiger partial charge < -0.3 is 11.5 Å². The molecule has 0 saturated heterocycles. The highest BCUT2D eigenvalue weighted by atomic mass is 19.4. The van der Waals surface area contributed by atoms with Gasteiger partial charge in [0.15, 0.2) is 0 Å². The molecule has 0 radical (unpaired) electrons. The number of nitrogens with two attached hydrogens (primary N) is 2. The smallest absolute Gasteiger partial charge is 0.398 e. The molecule has 0 aliphatic heterocycles. The Morgan fingerprint density at radius 1 is 0.429 bits per heavy atom. The van der Waals surface area contributed by atoms with Gasteiger partial charge in [0, 0.05) is 35.0 Å². The van der Waals surface area contributed by atoms with E-state index in [0.29, 0.717) is 0 Å². The zero-order chi connectivity index (χ0) is 33.0. The van der Waals surface area contributed by atoms with Crippen molar-refractivity contribution in [3.8, 4) is 23.7 Å². The summed E-state index contributed by atoms with van der Waals surface area (Å²) in [6, 6.07) is -0.350. The molecule has 2 rings (SSSR count). The van der Waals surface area contributed by atoms with E-state index in [1.54, 1.807) is 0 Å². The van der Waals surface area contributed by atoms with Crippen molar-refractivity contribution in [1.29, 1.82) is 0 Å². The average Bonchev–Trinajstić information content (AvgIpc) is 2.70. The highest BCUT2D eigenvalue weighted by Crippen LogP contribution is 2.51. The van der Waals surface area contributed by atoms with Crippen molar-refractivity contribution in [1.82, 2.24) is 0 Å². The van der Waals surface area contributed by atoms with E-state index in [1.165, 1.54) is 23.7 Å². The van der Waals surface area contributed by atoms with E-state index in [0.717, 1.165) is 0 Å². The lowest BCUT2D eigenvalue weighted by atomic mass is 9.90. The Bertz CT molecular complexity index is 1390. The molecule has 0 atom stereocenters. The molecule has 0 aliphatic carbocycles. The molecule has 230 valence electrons. The second-order valence-corrected chi connectivity index (χ2v) is 8.15. The van der Waals surface area contributed by atoms with E-state index < -0.39 is 92.7 Å². The first-order valence-electron chi connectivity index (χ1n) is 10.2. The molecule has 19 heteroatoms. The Kier molecular flexibility index (Phi) is 8.42. The quantitative estimate of drug-likeness (QED) is 0.188. The van der Waals surface area contributed by atoms with Gasteiger partial charge in [0.05, 0.1) is 27.8 Å². The fraction of sp³-hybridized carbons (Fsp3) is 0.304. The van der Waals surface area contributed by atoms with E-state index in [4.69, 9.17) is 11.5 Å². The van der Waals surface area contributed by atoms with E-state index in [2.05, 4.69) is 0 Å². The molecule has 2 nitrogen and oxygen atoms in total. The number of alkyl halides is 17. The summed E-state index contributed by atoms with van der Waals surface area (Å²) in [5.74, 6) is 0.645. The molecule has 42 heavy (non-hydrogen) atoms. The Balaban J connectivity index is 2.98. The molecule has 0 amide bonds. The van der Waals surface area contributed by atoms with Gasteiger partial charge in [-0.1, -0.05) is 11.8 Å². The molecule has 0 fully saturated rings. The lowest BCUT2D eigenvalue weighted by Gasteiger charge is -2.25. The van der Waals surface area contributed by atoms with Crippen molar-refractivity contribution in [3.05, 3.63) is 56.6 Å². The second kappa shape index (κ2) is 10.4. The van der Waals surface area contributed by atoms with Crippen molar-refractivity contribution in [2.45, 2.75) is 43.7 Å². The Labute approximate surface area is 222 Å². The molecule has 0 spiro atoms. The van der Waals surface area contributed by atoms with Gasteiger partial charge in [0.25, 0.3) is 5.92 Å². The van der Waals surface area contributed by atoms with Crippen molar-refractivity contribution in [2.75, 3.05) is 11.5 Å². The van der Waals surface area contributed by atoms with Crippen molar-refractivity contribution in [2.24, 2.45) is 0 Å². The zero-order valence-electron chi connectivity index (χ0n) is 19.7. The standard InChI is InChI=1S/C23H9F17N2/c1-18(24,25)12-8(6-10(41)14(20(29,30)31)16(12)22(35,36)37)4-2-3-5-9-7-11(42)15(21(32,33)34)17(23(38,39)40)13(9)19(26,27)28/h6-7H,41-42H2,1H3. The SMILES string of the molecule is CC(F)(F)c1c(C#CC#Cc2cc(N)c(C(F)(F)F)c(C(F)(F)F)c2C(F)(F)F)cc(N)c(C(F)(F)F)c1C(F)(F)F. The highest BCUT2D eigenvalue weighted by Gasteiger charge is 2.53. The molecule has 0 bridgehead atoms. The molecule has 0 heterocycles. The predicted molar refractivity (Wildman–Crippen MR) is 110 cm³/mol. The van der Waals surface area contributed by atoms with Crippen LogP contribution in [-0.2, 0) is 36.8 Å². The second-order valence-electron chi connectivity index (χ2n) is 8.15. The van der Waals surface area contributed by atoms with E-state index >= 15 is 0 Å². The van der Waals surface area contributed by atoms with Crippen LogP contribution in [0, 0.1) is 23.7 Å². The maximum absolute atomic E-state index is 14.1. The fourth-order valence-corrected chi connectivity index (χ4v) is 3.73. The normalized spacial score (nSPS) is 13.3. The summed E-state index contributed by atoms with van der Waals surface area (Å²) >= 11 is 0. The molecule has 0 aromatic heterocycles. The summed E-state index contributed by atoms with van der Waals surface area (Å²) in [4.78, 5) is 0. The number of anilines is 2. The van der Waals surface area contributed by atoms with Gasteiger partial charge in [-0.05, 0) is 24.0 Å². The minimum atomic E-state index is -6.32. The predicted octanol–water partition coefficient (Wildman–Crippen LogP) is 8.46. The number of benzene rings is 2. The van der Waals surface area contributed by atoms with Gasteiger partial charge in [0.2, 0.25) is 0 Å². The maximum atomic E-state index is 14.1. The summed E-state index contributed by atoms with van der Waals surface area (Å²) in [6.07, 6.45) is -30.6. The minimum Gasteiger partial charge on any atom is -0.398 e. The van der Waals surface area contributed by atoms with E-state index in [1.807, 2.05) is 0 Å². The van der Waals surface area contributed by atoms with Crippen molar-refractivity contribution in [3.63, 3.8) is 0 Å². The van der Waals surface area contributed by atoms with Crippen LogP contribution < -0.4 is 11.5 Å². The van der Waals surface area contributed by atoms with Crippen LogP contribution in [0.15, 0.2) is 12.1 Å². The molecule has 0 saturated carbocycles. The van der Waals surface area contributed by atoms with Gasteiger partial charge in [0.1, 0.15) is 0 Å². The van der Waals surface area contributed by atoms with Crippen molar-refractivity contribution >= 4 is 11.4 Å². The molecule has 2 aromatic rings. The number of hydrogen-bond acceptors (Lipinski definition) is 2. The van der Waals surface area contributed by atoms with Crippen LogP contribution in [0.2, 0.25) is 0 Å². The summed E-state index contributed by atoms with van der Waals surface area (Å²) in [6.45, 7) is -0.260. The number of nitrogen functional groups attached to an aromatic ring is 2. The highest BCUT2D eigenvalue weighted by molar-refractivity contribution is 5.67. The first-order chi connectivity index (χ1) is 18.5. The Morgan fingerprint density at radius 2 is 0.690 bits per heavy atom. The van der Waals surface area contributed by atoms with Crippen LogP contribution in [0.4, 0.5) is 86.0 Å². The summed E-state index contributed by atoms with van der Waals surface area (Å²) in [7, 11) is 0. The summed E-state index contributed by atoms with van der Waals surface area (Å²) in [5.41, 5.74) is -14.4. The minimum absolute atomic E-state index is 0.0848. The molecule has 4 N–H and O–H groups in total. The molecular weight excluding hydrogens is 627 g/mol. The maximum Gasteiger partial charge on any atom is 0.418 e. The monoisotopic (exact) mass is 636 g/mol.